The van der Waals surface area contributed by atoms with Crippen molar-refractivity contribution >= 4 is 35.3 Å². The SMILES string of the molecule is CSCC1C(=O)Nc2cccnc2N1C(=O)OC(C)C. The van der Waals surface area contributed by atoms with Crippen molar-refractivity contribution in [3.8, 4) is 0 Å². The third-order valence-corrected chi connectivity index (χ3v) is 3.39. The summed E-state index contributed by atoms with van der Waals surface area (Å²) in [5.74, 6) is 0.687. The standard InChI is InChI=1S/C13H17N3O3S/c1-8(2)19-13(18)16-10(7-20-3)12(17)15-9-5-4-6-14-11(9)16/h4-6,8,10H,7H2,1-3H3,(H,15,17). The lowest BCUT2D eigenvalue weighted by Gasteiger charge is -2.34. The lowest BCUT2D eigenvalue weighted by Crippen LogP contribution is -2.53. The Morgan fingerprint density at radius 2 is 2.35 bits per heavy atom. The van der Waals surface area contributed by atoms with Gasteiger partial charge in [0.05, 0.1) is 11.8 Å². The quantitative estimate of drug-likeness (QED) is 0.924. The second-order valence-corrected chi connectivity index (χ2v) is 5.55. The van der Waals surface area contributed by atoms with Gasteiger partial charge in [-0.05, 0) is 32.2 Å². The van der Waals surface area contributed by atoms with Crippen molar-refractivity contribution in [3.63, 3.8) is 0 Å². The molecule has 1 atom stereocenters. The van der Waals surface area contributed by atoms with Gasteiger partial charge in [-0.1, -0.05) is 0 Å². The number of carbonyl (C=O) groups excluding carboxylic acids is 2. The van der Waals surface area contributed by atoms with Gasteiger partial charge in [0.2, 0.25) is 5.91 Å². The highest BCUT2D eigenvalue weighted by atomic mass is 32.2. The lowest BCUT2D eigenvalue weighted by molar-refractivity contribution is -0.117. The van der Waals surface area contributed by atoms with E-state index in [0.717, 1.165) is 0 Å². The van der Waals surface area contributed by atoms with E-state index in [4.69, 9.17) is 4.74 Å². The van der Waals surface area contributed by atoms with Crippen LogP contribution in [0.3, 0.4) is 0 Å². The van der Waals surface area contributed by atoms with Crippen LogP contribution in [0.4, 0.5) is 16.3 Å². The van der Waals surface area contributed by atoms with Crippen molar-refractivity contribution in [3.05, 3.63) is 18.3 Å². The minimum atomic E-state index is -0.612. The van der Waals surface area contributed by atoms with Crippen molar-refractivity contribution < 1.29 is 14.3 Å². The van der Waals surface area contributed by atoms with Crippen LogP contribution in [0, 0.1) is 0 Å². The van der Waals surface area contributed by atoms with E-state index >= 15 is 0 Å². The number of pyridine rings is 1. The summed E-state index contributed by atoms with van der Waals surface area (Å²) in [5.41, 5.74) is 0.524. The fourth-order valence-electron chi connectivity index (χ4n) is 1.95. The smallest absolute Gasteiger partial charge is 0.416 e. The number of anilines is 2. The molecule has 1 aliphatic heterocycles. The van der Waals surface area contributed by atoms with Crippen molar-refractivity contribution in [1.82, 2.24) is 4.98 Å². The Labute approximate surface area is 121 Å². The zero-order chi connectivity index (χ0) is 14.7. The van der Waals surface area contributed by atoms with Crippen LogP contribution in [-0.4, -0.2) is 41.1 Å². The number of hydrogen-bond donors (Lipinski definition) is 1. The van der Waals surface area contributed by atoms with E-state index in [2.05, 4.69) is 10.3 Å². The highest BCUT2D eigenvalue weighted by Crippen LogP contribution is 2.31. The van der Waals surface area contributed by atoms with Gasteiger partial charge in [-0.25, -0.2) is 14.7 Å². The molecule has 1 aromatic heterocycles. The zero-order valence-electron chi connectivity index (χ0n) is 11.6. The molecule has 0 fully saturated rings. The topological polar surface area (TPSA) is 71.5 Å². The Morgan fingerprint density at radius 1 is 1.60 bits per heavy atom. The van der Waals surface area contributed by atoms with Crippen LogP contribution in [0.25, 0.3) is 0 Å². The molecule has 0 aliphatic carbocycles. The number of rotatable bonds is 3. The molecule has 0 radical (unpaired) electrons. The highest BCUT2D eigenvalue weighted by Gasteiger charge is 2.38. The molecule has 108 valence electrons. The van der Waals surface area contributed by atoms with E-state index < -0.39 is 12.1 Å². The molecule has 1 N–H and O–H groups in total. The molecule has 7 heteroatoms. The van der Waals surface area contributed by atoms with E-state index in [1.807, 2.05) is 6.26 Å². The molecule has 2 rings (SSSR count). The minimum Gasteiger partial charge on any atom is -0.446 e. The Morgan fingerprint density at radius 3 is 3.00 bits per heavy atom. The van der Waals surface area contributed by atoms with E-state index in [-0.39, 0.29) is 12.0 Å². The number of carbonyl (C=O) groups is 2. The fraction of sp³-hybridized carbons (Fsp3) is 0.462. The number of hydrogen-bond acceptors (Lipinski definition) is 5. The summed E-state index contributed by atoms with van der Waals surface area (Å²) in [4.78, 5) is 30.0. The molecule has 2 amide bonds. The summed E-state index contributed by atoms with van der Waals surface area (Å²) < 4.78 is 5.23. The third-order valence-electron chi connectivity index (χ3n) is 2.74. The molecule has 0 saturated heterocycles. The van der Waals surface area contributed by atoms with Crippen LogP contribution >= 0.6 is 11.8 Å². The lowest BCUT2D eigenvalue weighted by atomic mass is 10.2. The van der Waals surface area contributed by atoms with Gasteiger partial charge >= 0.3 is 6.09 Å². The molecule has 0 saturated carbocycles. The van der Waals surface area contributed by atoms with Crippen LogP contribution in [-0.2, 0) is 9.53 Å². The Hall–Kier alpha value is -1.76. The Bertz CT molecular complexity index is 521. The molecule has 0 aromatic carbocycles. The molecule has 1 aliphatic rings. The van der Waals surface area contributed by atoms with Gasteiger partial charge in [0, 0.05) is 11.9 Å². The number of thioether (sulfide) groups is 1. The van der Waals surface area contributed by atoms with Crippen molar-refractivity contribution in [2.45, 2.75) is 26.0 Å². The predicted octanol–water partition coefficient (Wildman–Crippen LogP) is 2.12. The van der Waals surface area contributed by atoms with Gasteiger partial charge in [0.1, 0.15) is 6.04 Å². The molecular formula is C13H17N3O3S. The van der Waals surface area contributed by atoms with Crippen molar-refractivity contribution in [2.75, 3.05) is 22.2 Å². The summed E-state index contributed by atoms with van der Waals surface area (Å²) in [6.45, 7) is 3.54. The van der Waals surface area contributed by atoms with Gasteiger partial charge in [-0.2, -0.15) is 11.8 Å². The monoisotopic (exact) mass is 295 g/mol. The van der Waals surface area contributed by atoms with Gasteiger partial charge in [0.15, 0.2) is 5.82 Å². The molecule has 1 aromatic rings. The molecular weight excluding hydrogens is 278 g/mol. The second kappa shape index (κ2) is 6.13. The number of aromatic nitrogens is 1. The first-order valence-corrected chi connectivity index (χ1v) is 7.68. The number of ether oxygens (including phenoxy) is 1. The zero-order valence-corrected chi connectivity index (χ0v) is 12.4. The highest BCUT2D eigenvalue weighted by molar-refractivity contribution is 7.98. The third kappa shape index (κ3) is 2.87. The number of fused-ring (bicyclic) bond motifs is 1. The van der Waals surface area contributed by atoms with Crippen molar-refractivity contribution in [1.29, 1.82) is 0 Å². The first kappa shape index (κ1) is 14.6. The number of nitrogens with one attached hydrogen (secondary N) is 1. The van der Waals surface area contributed by atoms with Crippen LogP contribution in [0.2, 0.25) is 0 Å². The first-order valence-electron chi connectivity index (χ1n) is 6.29. The average molecular weight is 295 g/mol. The summed E-state index contributed by atoms with van der Waals surface area (Å²) in [6.07, 6.45) is 2.67. The largest absolute Gasteiger partial charge is 0.446 e. The molecule has 2 heterocycles. The maximum atomic E-state index is 12.3. The molecule has 0 bridgehead atoms. The Balaban J connectivity index is 2.40. The summed E-state index contributed by atoms with van der Waals surface area (Å²) >= 11 is 1.49. The Kier molecular flexibility index (Phi) is 4.49. The summed E-state index contributed by atoms with van der Waals surface area (Å²) in [6, 6.07) is 2.81. The molecule has 0 spiro atoms. The first-order chi connectivity index (χ1) is 9.54. The van der Waals surface area contributed by atoms with Crippen LogP contribution in [0.1, 0.15) is 13.8 Å². The maximum absolute atomic E-state index is 12.3. The number of nitrogens with zero attached hydrogens (tertiary/aromatic N) is 2. The molecule has 20 heavy (non-hydrogen) atoms. The van der Waals surface area contributed by atoms with Crippen LogP contribution in [0.5, 0.6) is 0 Å². The minimum absolute atomic E-state index is 0.222. The van der Waals surface area contributed by atoms with Gasteiger partial charge in [-0.15, -0.1) is 0 Å². The predicted molar refractivity (Wildman–Crippen MR) is 79.1 cm³/mol. The maximum Gasteiger partial charge on any atom is 0.416 e. The van der Waals surface area contributed by atoms with E-state index in [0.29, 0.717) is 17.3 Å². The second-order valence-electron chi connectivity index (χ2n) is 4.64. The van der Waals surface area contributed by atoms with E-state index in [1.165, 1.54) is 16.7 Å². The van der Waals surface area contributed by atoms with Gasteiger partial charge in [-0.3, -0.25) is 4.79 Å². The van der Waals surface area contributed by atoms with E-state index in [9.17, 15) is 9.59 Å². The van der Waals surface area contributed by atoms with Crippen LogP contribution < -0.4 is 10.2 Å². The normalized spacial score (nSPS) is 17.7. The fourth-order valence-corrected chi connectivity index (χ4v) is 2.56. The van der Waals surface area contributed by atoms with Crippen LogP contribution in [0.15, 0.2) is 18.3 Å². The number of amides is 2. The summed E-state index contributed by atoms with van der Waals surface area (Å²) in [5, 5.41) is 2.77. The van der Waals surface area contributed by atoms with Crippen molar-refractivity contribution in [2.24, 2.45) is 0 Å². The van der Waals surface area contributed by atoms with Gasteiger partial charge in [0.25, 0.3) is 0 Å². The van der Waals surface area contributed by atoms with E-state index in [1.54, 1.807) is 32.2 Å². The summed E-state index contributed by atoms with van der Waals surface area (Å²) in [7, 11) is 0. The molecule has 6 nitrogen and oxygen atoms in total. The average Bonchev–Trinajstić information content (AvgIpc) is 2.38. The van der Waals surface area contributed by atoms with Gasteiger partial charge < -0.3 is 10.1 Å². The molecule has 1 unspecified atom stereocenters.